The van der Waals surface area contributed by atoms with Crippen molar-refractivity contribution in [3.05, 3.63) is 23.8 Å². The smallest absolute Gasteiger partial charge is 0.223 e. The molecule has 1 heterocycles. The number of anilines is 1. The molecule has 0 radical (unpaired) electrons. The van der Waals surface area contributed by atoms with Crippen molar-refractivity contribution in [2.24, 2.45) is 0 Å². The van der Waals surface area contributed by atoms with E-state index in [0.717, 1.165) is 30.5 Å². The lowest BCUT2D eigenvalue weighted by Gasteiger charge is -2.28. The molecule has 0 spiro atoms. The van der Waals surface area contributed by atoms with E-state index in [9.17, 15) is 18.0 Å². The molecule has 1 aliphatic heterocycles. The van der Waals surface area contributed by atoms with E-state index >= 15 is 0 Å². The van der Waals surface area contributed by atoms with Gasteiger partial charge < -0.3 is 10.2 Å². The van der Waals surface area contributed by atoms with Crippen LogP contribution in [0.2, 0.25) is 0 Å². The van der Waals surface area contributed by atoms with E-state index in [1.807, 2.05) is 6.92 Å². The quantitative estimate of drug-likeness (QED) is 0.844. The average molecular weight is 352 g/mol. The highest BCUT2D eigenvalue weighted by Crippen LogP contribution is 2.29. The molecule has 1 aromatic carbocycles. The number of nitrogens with zero attached hydrogens (tertiary/aromatic N) is 1. The van der Waals surface area contributed by atoms with Gasteiger partial charge in [-0.2, -0.15) is 0 Å². The molecular weight excluding hydrogens is 328 g/mol. The van der Waals surface area contributed by atoms with Crippen LogP contribution in [0.5, 0.6) is 0 Å². The highest BCUT2D eigenvalue weighted by Gasteiger charge is 2.23. The third-order valence-electron chi connectivity index (χ3n) is 4.08. The molecule has 1 N–H and O–H groups in total. The lowest BCUT2D eigenvalue weighted by atomic mass is 10.0. The molecule has 0 saturated heterocycles. The molecule has 7 heteroatoms. The molecule has 0 atom stereocenters. The molecular formula is C17H24N2O4S. The zero-order valence-electron chi connectivity index (χ0n) is 14.2. The molecule has 2 amide bonds. The van der Waals surface area contributed by atoms with E-state index in [1.54, 1.807) is 17.0 Å². The molecule has 0 aromatic heterocycles. The first-order chi connectivity index (χ1) is 11.3. The van der Waals surface area contributed by atoms with Gasteiger partial charge in [0.05, 0.1) is 10.6 Å². The Kier molecular flexibility index (Phi) is 5.99. The Hall–Kier alpha value is -1.89. The lowest BCUT2D eigenvalue weighted by molar-refractivity contribution is -0.120. The van der Waals surface area contributed by atoms with Crippen LogP contribution >= 0.6 is 0 Å². The van der Waals surface area contributed by atoms with Crippen molar-refractivity contribution in [2.45, 2.75) is 44.4 Å². The van der Waals surface area contributed by atoms with Crippen LogP contribution in [-0.4, -0.2) is 39.1 Å². The predicted molar refractivity (Wildman–Crippen MR) is 92.8 cm³/mol. The largest absolute Gasteiger partial charge is 0.356 e. The summed E-state index contributed by atoms with van der Waals surface area (Å²) in [6, 6.07) is 4.86. The third-order valence-corrected chi connectivity index (χ3v) is 5.79. The fourth-order valence-electron chi connectivity index (χ4n) is 2.79. The van der Waals surface area contributed by atoms with Crippen molar-refractivity contribution in [3.8, 4) is 0 Å². The van der Waals surface area contributed by atoms with Crippen molar-refractivity contribution in [3.63, 3.8) is 0 Å². The van der Waals surface area contributed by atoms with Gasteiger partial charge in [0.1, 0.15) is 0 Å². The normalized spacial score (nSPS) is 14.2. The molecule has 0 bridgehead atoms. The van der Waals surface area contributed by atoms with Crippen molar-refractivity contribution in [1.82, 2.24) is 5.32 Å². The van der Waals surface area contributed by atoms with Crippen LogP contribution in [-0.2, 0) is 25.8 Å². The van der Waals surface area contributed by atoms with Crippen LogP contribution in [0.1, 0.15) is 38.7 Å². The van der Waals surface area contributed by atoms with E-state index < -0.39 is 9.84 Å². The van der Waals surface area contributed by atoms with Crippen molar-refractivity contribution in [2.75, 3.05) is 23.7 Å². The summed E-state index contributed by atoms with van der Waals surface area (Å²) >= 11 is 0. The summed E-state index contributed by atoms with van der Waals surface area (Å²) in [6.07, 6.45) is 2.34. The van der Waals surface area contributed by atoms with Crippen LogP contribution in [0, 0.1) is 0 Å². The second-order valence-corrected chi connectivity index (χ2v) is 8.09. The highest BCUT2D eigenvalue weighted by molar-refractivity contribution is 7.91. The number of benzene rings is 1. The molecule has 1 aromatic rings. The topological polar surface area (TPSA) is 83.6 Å². The number of carbonyl (C=O) groups is 2. The van der Waals surface area contributed by atoms with Crippen molar-refractivity contribution >= 4 is 27.3 Å². The molecule has 132 valence electrons. The Labute approximate surface area is 143 Å². The molecule has 1 aliphatic rings. The second-order valence-electron chi connectivity index (χ2n) is 5.98. The summed E-state index contributed by atoms with van der Waals surface area (Å²) in [7, 11) is -3.52. The number of rotatable bonds is 6. The third kappa shape index (κ3) is 4.35. The zero-order valence-corrected chi connectivity index (χ0v) is 15.0. The van der Waals surface area contributed by atoms with E-state index in [-0.39, 0.29) is 28.9 Å². The number of hydrogen-bond donors (Lipinski definition) is 1. The maximum absolute atomic E-state index is 12.5. The maximum atomic E-state index is 12.5. The minimum atomic E-state index is -3.52. The Morgan fingerprint density at radius 3 is 2.71 bits per heavy atom. The van der Waals surface area contributed by atoms with Crippen molar-refractivity contribution in [1.29, 1.82) is 0 Å². The summed E-state index contributed by atoms with van der Waals surface area (Å²) in [5.41, 5.74) is 1.65. The fourth-order valence-corrected chi connectivity index (χ4v) is 4.08. The van der Waals surface area contributed by atoms with Gasteiger partial charge in [0.25, 0.3) is 0 Å². The second kappa shape index (κ2) is 7.79. The fraction of sp³-hybridized carbons (Fsp3) is 0.529. The van der Waals surface area contributed by atoms with Gasteiger partial charge in [0.2, 0.25) is 11.8 Å². The van der Waals surface area contributed by atoms with Gasteiger partial charge in [0, 0.05) is 32.1 Å². The number of fused-ring (bicyclic) bond motifs is 1. The highest BCUT2D eigenvalue weighted by atomic mass is 32.2. The number of hydrogen-bond acceptors (Lipinski definition) is 4. The molecule has 0 aliphatic carbocycles. The van der Waals surface area contributed by atoms with E-state index in [1.165, 1.54) is 13.0 Å². The first-order valence-electron chi connectivity index (χ1n) is 8.25. The Bertz CT molecular complexity index is 728. The van der Waals surface area contributed by atoms with Gasteiger partial charge in [0.15, 0.2) is 9.84 Å². The summed E-state index contributed by atoms with van der Waals surface area (Å²) in [4.78, 5) is 25.2. The number of carbonyl (C=O) groups excluding carboxylic acids is 2. The minimum absolute atomic E-state index is 0.0425. The molecule has 6 nitrogen and oxygen atoms in total. The first-order valence-corrected chi connectivity index (χ1v) is 9.91. The van der Waals surface area contributed by atoms with Gasteiger partial charge in [-0.15, -0.1) is 0 Å². The summed E-state index contributed by atoms with van der Waals surface area (Å²) in [5, 5.41) is 2.68. The lowest BCUT2D eigenvalue weighted by Crippen LogP contribution is -2.33. The minimum Gasteiger partial charge on any atom is -0.356 e. The van der Waals surface area contributed by atoms with E-state index in [0.29, 0.717) is 13.1 Å². The molecule has 24 heavy (non-hydrogen) atoms. The van der Waals surface area contributed by atoms with Crippen LogP contribution < -0.4 is 10.2 Å². The SMILES string of the molecule is CCCNC(=O)CCS(=O)(=O)c1ccc2c(c1)CCCN2C(C)=O. The van der Waals surface area contributed by atoms with Gasteiger partial charge >= 0.3 is 0 Å². The van der Waals surface area contributed by atoms with Gasteiger partial charge in [-0.3, -0.25) is 9.59 Å². The predicted octanol–water partition coefficient (Wildman–Crippen LogP) is 1.68. The van der Waals surface area contributed by atoms with Gasteiger partial charge in [-0.05, 0) is 43.0 Å². The summed E-state index contributed by atoms with van der Waals surface area (Å²) in [5.74, 6) is -0.502. The summed E-state index contributed by atoms with van der Waals surface area (Å²) in [6.45, 7) is 4.66. The summed E-state index contributed by atoms with van der Waals surface area (Å²) < 4.78 is 24.9. The van der Waals surface area contributed by atoms with Crippen molar-refractivity contribution < 1.29 is 18.0 Å². The number of nitrogens with one attached hydrogen (secondary N) is 1. The Morgan fingerprint density at radius 2 is 2.04 bits per heavy atom. The molecule has 0 saturated carbocycles. The van der Waals surface area contributed by atoms with E-state index in [4.69, 9.17) is 0 Å². The van der Waals surface area contributed by atoms with E-state index in [2.05, 4.69) is 5.32 Å². The molecule has 0 unspecified atom stereocenters. The molecule has 2 rings (SSSR count). The first kappa shape index (κ1) is 18.4. The monoisotopic (exact) mass is 352 g/mol. The van der Waals surface area contributed by atoms with Crippen LogP contribution in [0.25, 0.3) is 0 Å². The average Bonchev–Trinajstić information content (AvgIpc) is 2.57. The molecule has 0 fully saturated rings. The zero-order chi connectivity index (χ0) is 17.7. The van der Waals surface area contributed by atoms with Gasteiger partial charge in [-0.1, -0.05) is 6.92 Å². The number of amides is 2. The van der Waals surface area contributed by atoms with Crippen LogP contribution in [0.3, 0.4) is 0 Å². The Morgan fingerprint density at radius 1 is 1.29 bits per heavy atom. The maximum Gasteiger partial charge on any atom is 0.223 e. The van der Waals surface area contributed by atoms with Crippen LogP contribution in [0.4, 0.5) is 5.69 Å². The number of sulfone groups is 1. The standard InChI is InChI=1S/C17H24N2O4S/c1-3-9-18-17(21)8-11-24(22,23)15-6-7-16-14(12-15)5-4-10-19(16)13(2)20/h6-7,12H,3-5,8-11H2,1-2H3,(H,18,21). The van der Waals surface area contributed by atoms with Crippen LogP contribution in [0.15, 0.2) is 23.1 Å². The van der Waals surface area contributed by atoms with Gasteiger partial charge in [-0.25, -0.2) is 8.42 Å². The Balaban J connectivity index is 2.14. The number of aryl methyl sites for hydroxylation is 1.